The molecule has 6 heteroatoms. The summed E-state index contributed by atoms with van der Waals surface area (Å²) in [7, 11) is 0. The van der Waals surface area contributed by atoms with Gasteiger partial charge in [-0.1, -0.05) is 11.6 Å². The Morgan fingerprint density at radius 3 is 2.79 bits per heavy atom. The van der Waals surface area contributed by atoms with Crippen molar-refractivity contribution < 1.29 is 0 Å². The smallest absolute Gasteiger partial charge is 0.287 e. The van der Waals surface area contributed by atoms with Gasteiger partial charge in [0.05, 0.1) is 11.9 Å². The van der Waals surface area contributed by atoms with Crippen molar-refractivity contribution in [2.45, 2.75) is 33.9 Å². The standard InChI is InChI=1S/C13H16ClN3OS/c1-4-17-13(18)12(14)11(7-16-17)15-6-10-5-8(2)9(3)19-10/h5,7,15H,4,6H2,1-3H3. The third-order valence-corrected chi connectivity index (χ3v) is 4.47. The molecule has 2 aromatic heterocycles. The Labute approximate surface area is 121 Å². The Morgan fingerprint density at radius 2 is 2.21 bits per heavy atom. The van der Waals surface area contributed by atoms with E-state index in [-0.39, 0.29) is 10.6 Å². The van der Waals surface area contributed by atoms with E-state index in [1.54, 1.807) is 17.5 Å². The Balaban J connectivity index is 2.16. The Morgan fingerprint density at radius 1 is 1.47 bits per heavy atom. The second kappa shape index (κ2) is 5.75. The lowest BCUT2D eigenvalue weighted by molar-refractivity contribution is 0.616. The fraction of sp³-hybridized carbons (Fsp3) is 0.385. The topological polar surface area (TPSA) is 46.9 Å². The molecule has 2 heterocycles. The van der Waals surface area contributed by atoms with Crippen molar-refractivity contribution >= 4 is 28.6 Å². The van der Waals surface area contributed by atoms with Gasteiger partial charge in [-0.15, -0.1) is 11.3 Å². The average molecular weight is 298 g/mol. The summed E-state index contributed by atoms with van der Waals surface area (Å²) in [5.41, 5.74) is 1.61. The molecule has 0 spiro atoms. The Kier molecular flexibility index (Phi) is 4.27. The van der Waals surface area contributed by atoms with E-state index in [4.69, 9.17) is 11.6 Å². The predicted octanol–water partition coefficient (Wildman–Crippen LogP) is 3.21. The van der Waals surface area contributed by atoms with E-state index in [1.165, 1.54) is 20.0 Å². The van der Waals surface area contributed by atoms with Crippen LogP contribution in [0.5, 0.6) is 0 Å². The molecule has 0 aliphatic heterocycles. The molecule has 0 radical (unpaired) electrons. The molecule has 2 aromatic rings. The third kappa shape index (κ3) is 2.98. The summed E-state index contributed by atoms with van der Waals surface area (Å²) in [5, 5.41) is 7.41. The van der Waals surface area contributed by atoms with Crippen LogP contribution in [0.15, 0.2) is 17.1 Å². The van der Waals surface area contributed by atoms with Crippen LogP contribution in [-0.4, -0.2) is 9.78 Å². The number of thiophene rings is 1. The summed E-state index contributed by atoms with van der Waals surface area (Å²) in [6.45, 7) is 7.21. The highest BCUT2D eigenvalue weighted by Gasteiger charge is 2.09. The highest BCUT2D eigenvalue weighted by molar-refractivity contribution is 7.12. The second-order valence-corrected chi connectivity index (χ2v) is 6.02. The van der Waals surface area contributed by atoms with Crippen LogP contribution >= 0.6 is 22.9 Å². The molecule has 0 aliphatic rings. The minimum absolute atomic E-state index is 0.196. The molecule has 0 bridgehead atoms. The van der Waals surface area contributed by atoms with E-state index in [0.29, 0.717) is 18.8 Å². The van der Waals surface area contributed by atoms with Crippen LogP contribution in [0, 0.1) is 13.8 Å². The number of nitrogens with zero attached hydrogens (tertiary/aromatic N) is 2. The Bertz CT molecular complexity index is 628. The first-order chi connectivity index (χ1) is 9.02. The summed E-state index contributed by atoms with van der Waals surface area (Å²) in [6.07, 6.45) is 1.60. The molecule has 0 aromatic carbocycles. The van der Waals surface area contributed by atoms with Gasteiger partial charge < -0.3 is 5.32 Å². The van der Waals surface area contributed by atoms with Crippen molar-refractivity contribution in [1.29, 1.82) is 0 Å². The summed E-state index contributed by atoms with van der Waals surface area (Å²) in [6, 6.07) is 2.14. The molecule has 4 nitrogen and oxygen atoms in total. The lowest BCUT2D eigenvalue weighted by atomic mass is 10.3. The molecule has 0 saturated carbocycles. The number of anilines is 1. The molecule has 102 valence electrons. The first-order valence-electron chi connectivity index (χ1n) is 6.08. The van der Waals surface area contributed by atoms with Crippen LogP contribution in [-0.2, 0) is 13.1 Å². The van der Waals surface area contributed by atoms with Gasteiger partial charge in [0.25, 0.3) is 5.56 Å². The van der Waals surface area contributed by atoms with E-state index in [2.05, 4.69) is 30.3 Å². The van der Waals surface area contributed by atoms with Crippen LogP contribution in [0.2, 0.25) is 5.02 Å². The van der Waals surface area contributed by atoms with Crippen molar-refractivity contribution in [1.82, 2.24) is 9.78 Å². The van der Waals surface area contributed by atoms with Crippen molar-refractivity contribution in [3.05, 3.63) is 43.0 Å². The van der Waals surface area contributed by atoms with Gasteiger partial charge in [0.15, 0.2) is 0 Å². The zero-order chi connectivity index (χ0) is 14.0. The van der Waals surface area contributed by atoms with E-state index in [0.717, 1.165) is 0 Å². The van der Waals surface area contributed by atoms with Gasteiger partial charge in [-0.05, 0) is 32.4 Å². The first-order valence-corrected chi connectivity index (χ1v) is 7.27. The van der Waals surface area contributed by atoms with Gasteiger partial charge >= 0.3 is 0 Å². The monoisotopic (exact) mass is 297 g/mol. The van der Waals surface area contributed by atoms with Gasteiger partial charge in [-0.25, -0.2) is 4.68 Å². The third-order valence-electron chi connectivity index (χ3n) is 2.95. The molecule has 19 heavy (non-hydrogen) atoms. The minimum Gasteiger partial charge on any atom is -0.377 e. The van der Waals surface area contributed by atoms with E-state index >= 15 is 0 Å². The lowest BCUT2D eigenvalue weighted by Gasteiger charge is -2.08. The average Bonchev–Trinajstić information content (AvgIpc) is 2.71. The zero-order valence-electron chi connectivity index (χ0n) is 11.2. The normalized spacial score (nSPS) is 10.7. The van der Waals surface area contributed by atoms with Crippen molar-refractivity contribution in [3.63, 3.8) is 0 Å². The van der Waals surface area contributed by atoms with Crippen molar-refractivity contribution in [2.24, 2.45) is 0 Å². The van der Waals surface area contributed by atoms with Crippen LogP contribution in [0.4, 0.5) is 5.69 Å². The summed E-state index contributed by atoms with van der Waals surface area (Å²) >= 11 is 7.79. The molecule has 1 N–H and O–H groups in total. The molecular weight excluding hydrogens is 282 g/mol. The van der Waals surface area contributed by atoms with E-state index in [9.17, 15) is 4.79 Å². The predicted molar refractivity (Wildman–Crippen MR) is 80.3 cm³/mol. The van der Waals surface area contributed by atoms with Crippen LogP contribution < -0.4 is 10.9 Å². The molecular formula is C13H16ClN3OS. The fourth-order valence-corrected chi connectivity index (χ4v) is 2.94. The van der Waals surface area contributed by atoms with Gasteiger partial charge in [0, 0.05) is 22.8 Å². The minimum atomic E-state index is -0.257. The first kappa shape index (κ1) is 14.1. The molecule has 2 rings (SSSR count). The van der Waals surface area contributed by atoms with Gasteiger partial charge in [-0.2, -0.15) is 5.10 Å². The molecule has 0 saturated heterocycles. The Hall–Kier alpha value is -1.33. The zero-order valence-corrected chi connectivity index (χ0v) is 12.7. The van der Waals surface area contributed by atoms with Crippen LogP contribution in [0.1, 0.15) is 22.2 Å². The number of hydrogen-bond donors (Lipinski definition) is 1. The summed E-state index contributed by atoms with van der Waals surface area (Å²) < 4.78 is 1.34. The number of halogens is 1. The second-order valence-electron chi connectivity index (χ2n) is 4.30. The summed E-state index contributed by atoms with van der Waals surface area (Å²) in [5.74, 6) is 0. The van der Waals surface area contributed by atoms with E-state index in [1.807, 2.05) is 6.92 Å². The molecule has 0 atom stereocenters. The van der Waals surface area contributed by atoms with Crippen molar-refractivity contribution in [3.8, 4) is 0 Å². The highest BCUT2D eigenvalue weighted by atomic mass is 35.5. The lowest BCUT2D eigenvalue weighted by Crippen LogP contribution is -2.23. The number of hydrogen-bond acceptors (Lipinski definition) is 4. The van der Waals surface area contributed by atoms with E-state index < -0.39 is 0 Å². The maximum Gasteiger partial charge on any atom is 0.287 e. The number of nitrogens with one attached hydrogen (secondary N) is 1. The maximum atomic E-state index is 11.8. The molecule has 0 amide bonds. The largest absolute Gasteiger partial charge is 0.377 e. The van der Waals surface area contributed by atoms with Gasteiger partial charge in [0.2, 0.25) is 0 Å². The number of aromatic nitrogens is 2. The van der Waals surface area contributed by atoms with Gasteiger partial charge in [-0.3, -0.25) is 4.79 Å². The number of rotatable bonds is 4. The van der Waals surface area contributed by atoms with Crippen LogP contribution in [0.25, 0.3) is 0 Å². The molecule has 0 aliphatic carbocycles. The summed E-state index contributed by atoms with van der Waals surface area (Å²) in [4.78, 5) is 14.3. The van der Waals surface area contributed by atoms with Crippen molar-refractivity contribution in [2.75, 3.05) is 5.32 Å². The number of aryl methyl sites for hydroxylation is 3. The fourth-order valence-electron chi connectivity index (χ4n) is 1.73. The quantitative estimate of drug-likeness (QED) is 0.942. The van der Waals surface area contributed by atoms with Gasteiger partial charge in [0.1, 0.15) is 5.02 Å². The van der Waals surface area contributed by atoms with Crippen LogP contribution in [0.3, 0.4) is 0 Å². The molecule has 0 unspecified atom stereocenters. The molecule has 0 fully saturated rings. The highest BCUT2D eigenvalue weighted by Crippen LogP contribution is 2.22. The maximum absolute atomic E-state index is 11.8. The SMILES string of the molecule is CCn1ncc(NCc2cc(C)c(C)s2)c(Cl)c1=O.